The van der Waals surface area contributed by atoms with Gasteiger partial charge in [-0.15, -0.1) is 5.10 Å². The van der Waals surface area contributed by atoms with E-state index in [-0.39, 0.29) is 22.8 Å². The molecule has 0 atom stereocenters. The van der Waals surface area contributed by atoms with Crippen molar-refractivity contribution in [2.75, 3.05) is 0 Å². The molecule has 138 valence electrons. The van der Waals surface area contributed by atoms with Gasteiger partial charge in [0.25, 0.3) is 0 Å². The molecule has 1 heterocycles. The SMILES string of the molecule is O=C(Cn1cc(C(=O)O)nn1)NC1(c2cc(C(F)(F)F)ccc2Cl)CC1. The Kier molecular flexibility index (Phi) is 4.39. The molecule has 0 radical (unpaired) electrons. The van der Waals surface area contributed by atoms with Gasteiger partial charge in [0.05, 0.1) is 17.3 Å². The van der Waals surface area contributed by atoms with Crippen molar-refractivity contribution in [3.05, 3.63) is 46.2 Å². The number of aromatic nitrogens is 3. The first-order valence-electron chi connectivity index (χ1n) is 7.42. The van der Waals surface area contributed by atoms with Gasteiger partial charge in [0.1, 0.15) is 6.54 Å². The summed E-state index contributed by atoms with van der Waals surface area (Å²) in [5.41, 5.74) is -1.93. The number of aromatic carboxylic acids is 1. The Morgan fingerprint density at radius 3 is 2.58 bits per heavy atom. The van der Waals surface area contributed by atoms with Gasteiger partial charge in [-0.2, -0.15) is 13.2 Å². The molecule has 1 aromatic heterocycles. The number of hydrogen-bond acceptors (Lipinski definition) is 4. The van der Waals surface area contributed by atoms with Crippen LogP contribution in [0.4, 0.5) is 13.2 Å². The predicted octanol–water partition coefficient (Wildman–Crippen LogP) is 2.45. The fraction of sp³-hybridized carbons (Fsp3) is 0.333. The van der Waals surface area contributed by atoms with Crippen molar-refractivity contribution in [2.45, 2.75) is 31.1 Å². The number of carboxylic acid groups (broad SMARTS) is 1. The van der Waals surface area contributed by atoms with E-state index in [0.717, 1.165) is 29.1 Å². The van der Waals surface area contributed by atoms with E-state index in [1.165, 1.54) is 0 Å². The van der Waals surface area contributed by atoms with Crippen LogP contribution < -0.4 is 5.32 Å². The maximum Gasteiger partial charge on any atom is 0.416 e. The van der Waals surface area contributed by atoms with Crippen molar-refractivity contribution in [3.8, 4) is 0 Å². The van der Waals surface area contributed by atoms with Gasteiger partial charge < -0.3 is 10.4 Å². The van der Waals surface area contributed by atoms with Gasteiger partial charge in [-0.25, -0.2) is 9.48 Å². The summed E-state index contributed by atoms with van der Waals surface area (Å²) in [4.78, 5) is 23.0. The monoisotopic (exact) mass is 388 g/mol. The standard InChI is InChI=1S/C15H12ClF3N4O3/c16-10-2-1-8(15(17,18)19)5-9(10)14(3-4-14)20-12(24)7-23-6-11(13(25)26)21-22-23/h1-2,5-6H,3-4,7H2,(H,20,24)(H,25,26). The molecule has 0 saturated heterocycles. The lowest BCUT2D eigenvalue weighted by Crippen LogP contribution is -2.37. The molecule has 1 amide bonds. The number of nitrogens with one attached hydrogen (secondary N) is 1. The lowest BCUT2D eigenvalue weighted by Gasteiger charge is -2.20. The minimum atomic E-state index is -4.52. The Morgan fingerprint density at radius 2 is 2.04 bits per heavy atom. The molecule has 0 aliphatic heterocycles. The van der Waals surface area contributed by atoms with E-state index in [1.807, 2.05) is 0 Å². The van der Waals surface area contributed by atoms with E-state index in [0.29, 0.717) is 12.8 Å². The van der Waals surface area contributed by atoms with Crippen LogP contribution in [0.15, 0.2) is 24.4 Å². The van der Waals surface area contributed by atoms with Crippen LogP contribution in [0.1, 0.15) is 34.5 Å². The average Bonchev–Trinajstić information content (AvgIpc) is 3.14. The third-order valence-electron chi connectivity index (χ3n) is 4.00. The lowest BCUT2D eigenvalue weighted by molar-refractivity contribution is -0.137. The number of nitrogens with zero attached hydrogens (tertiary/aromatic N) is 3. The van der Waals surface area contributed by atoms with Crippen LogP contribution in [0.3, 0.4) is 0 Å². The molecule has 3 rings (SSSR count). The first kappa shape index (κ1) is 18.2. The number of rotatable bonds is 5. The van der Waals surface area contributed by atoms with Crippen LogP contribution in [-0.4, -0.2) is 32.0 Å². The molecule has 0 spiro atoms. The minimum absolute atomic E-state index is 0.129. The van der Waals surface area contributed by atoms with Gasteiger partial charge >= 0.3 is 12.1 Å². The number of carbonyl (C=O) groups excluding carboxylic acids is 1. The zero-order valence-corrected chi connectivity index (χ0v) is 13.8. The molecule has 7 nitrogen and oxygen atoms in total. The summed E-state index contributed by atoms with van der Waals surface area (Å²) in [5, 5.41) is 18.5. The molecule has 1 saturated carbocycles. The largest absolute Gasteiger partial charge is 0.476 e. The van der Waals surface area contributed by atoms with Gasteiger partial charge in [0.2, 0.25) is 5.91 Å². The molecule has 0 unspecified atom stereocenters. The van der Waals surface area contributed by atoms with Crippen LogP contribution in [0, 0.1) is 0 Å². The van der Waals surface area contributed by atoms with Crippen LogP contribution in [0.25, 0.3) is 0 Å². The van der Waals surface area contributed by atoms with E-state index in [2.05, 4.69) is 15.6 Å². The second-order valence-electron chi connectivity index (χ2n) is 5.93. The summed E-state index contributed by atoms with van der Waals surface area (Å²) in [6, 6.07) is 2.97. The molecule has 1 fully saturated rings. The molecular formula is C15H12ClF3N4O3. The van der Waals surface area contributed by atoms with Crippen molar-refractivity contribution >= 4 is 23.5 Å². The Labute approximate surface area is 149 Å². The summed E-state index contributed by atoms with van der Waals surface area (Å²) in [6.45, 7) is -0.321. The van der Waals surface area contributed by atoms with Crippen LogP contribution in [0.5, 0.6) is 0 Å². The third-order valence-corrected chi connectivity index (χ3v) is 4.33. The second-order valence-corrected chi connectivity index (χ2v) is 6.34. The molecule has 1 aromatic carbocycles. The Hall–Kier alpha value is -2.62. The fourth-order valence-corrected chi connectivity index (χ4v) is 2.88. The lowest BCUT2D eigenvalue weighted by atomic mass is 10.0. The molecule has 2 N–H and O–H groups in total. The van der Waals surface area contributed by atoms with E-state index in [9.17, 15) is 22.8 Å². The molecular weight excluding hydrogens is 377 g/mol. The highest BCUT2D eigenvalue weighted by atomic mass is 35.5. The maximum atomic E-state index is 12.9. The highest BCUT2D eigenvalue weighted by Crippen LogP contribution is 2.49. The van der Waals surface area contributed by atoms with Crippen molar-refractivity contribution in [2.24, 2.45) is 0 Å². The maximum absolute atomic E-state index is 12.9. The fourth-order valence-electron chi connectivity index (χ4n) is 2.58. The summed E-state index contributed by atoms with van der Waals surface area (Å²) < 4.78 is 39.8. The van der Waals surface area contributed by atoms with Gasteiger partial charge in [0.15, 0.2) is 5.69 Å². The van der Waals surface area contributed by atoms with Crippen molar-refractivity contribution in [1.29, 1.82) is 0 Å². The Balaban J connectivity index is 1.77. The van der Waals surface area contributed by atoms with Gasteiger partial charge in [-0.1, -0.05) is 16.8 Å². The topological polar surface area (TPSA) is 97.1 Å². The third kappa shape index (κ3) is 3.64. The van der Waals surface area contributed by atoms with Crippen LogP contribution in [-0.2, 0) is 23.1 Å². The van der Waals surface area contributed by atoms with Gasteiger partial charge in [-0.05, 0) is 36.6 Å². The van der Waals surface area contributed by atoms with E-state index in [4.69, 9.17) is 16.7 Å². The molecule has 11 heteroatoms. The molecule has 1 aliphatic carbocycles. The highest BCUT2D eigenvalue weighted by molar-refractivity contribution is 6.31. The van der Waals surface area contributed by atoms with Gasteiger partial charge in [0, 0.05) is 5.02 Å². The molecule has 0 bridgehead atoms. The smallest absolute Gasteiger partial charge is 0.416 e. The number of carbonyl (C=O) groups is 2. The Bertz CT molecular complexity index is 877. The van der Waals surface area contributed by atoms with Crippen molar-refractivity contribution in [3.63, 3.8) is 0 Å². The van der Waals surface area contributed by atoms with Crippen molar-refractivity contribution in [1.82, 2.24) is 20.3 Å². The van der Waals surface area contributed by atoms with E-state index in [1.54, 1.807) is 0 Å². The van der Waals surface area contributed by atoms with Crippen LogP contribution in [0.2, 0.25) is 5.02 Å². The summed E-state index contributed by atoms with van der Waals surface area (Å²) >= 11 is 6.04. The number of alkyl halides is 3. The quantitative estimate of drug-likeness (QED) is 0.820. The number of benzene rings is 1. The highest BCUT2D eigenvalue weighted by Gasteiger charge is 2.48. The normalized spacial score (nSPS) is 15.5. The average molecular weight is 389 g/mol. The number of halogens is 4. The summed E-state index contributed by atoms with van der Waals surface area (Å²) in [7, 11) is 0. The summed E-state index contributed by atoms with van der Waals surface area (Å²) in [5.74, 6) is -1.83. The van der Waals surface area contributed by atoms with E-state index < -0.39 is 29.2 Å². The molecule has 26 heavy (non-hydrogen) atoms. The predicted molar refractivity (Wildman–Crippen MR) is 82.5 cm³/mol. The number of carboxylic acids is 1. The van der Waals surface area contributed by atoms with Crippen molar-refractivity contribution < 1.29 is 27.9 Å². The second kappa shape index (κ2) is 6.27. The Morgan fingerprint density at radius 1 is 1.35 bits per heavy atom. The molecule has 2 aromatic rings. The molecule has 1 aliphatic rings. The van der Waals surface area contributed by atoms with E-state index >= 15 is 0 Å². The summed E-state index contributed by atoms with van der Waals surface area (Å²) in [6.07, 6.45) is -2.55. The number of amides is 1. The number of hydrogen-bond donors (Lipinski definition) is 2. The minimum Gasteiger partial charge on any atom is -0.476 e. The zero-order valence-electron chi connectivity index (χ0n) is 13.0. The first-order valence-corrected chi connectivity index (χ1v) is 7.80. The zero-order chi connectivity index (χ0) is 19.1. The first-order chi connectivity index (χ1) is 12.1. The van der Waals surface area contributed by atoms with Crippen LogP contribution >= 0.6 is 11.6 Å². The van der Waals surface area contributed by atoms with Gasteiger partial charge in [-0.3, -0.25) is 4.79 Å².